The summed E-state index contributed by atoms with van der Waals surface area (Å²) in [6, 6.07) is 16.1. The molecule has 6 rings (SSSR count). The van der Waals surface area contributed by atoms with Gasteiger partial charge in [0, 0.05) is 43.0 Å². The molecule has 7 unspecified atom stereocenters. The maximum atomic E-state index is 13.3. The Kier molecular flexibility index (Phi) is 6.14. The maximum absolute atomic E-state index is 13.3. The van der Waals surface area contributed by atoms with Crippen LogP contribution >= 0.6 is 0 Å². The molecular formula is C28H37N5O. The third-order valence-corrected chi connectivity index (χ3v) is 8.88. The number of aryl methyl sites for hydroxylation is 1. The molecule has 3 N–H and O–H groups in total. The van der Waals surface area contributed by atoms with E-state index in [9.17, 15) is 4.79 Å². The molecule has 1 amide bonds. The van der Waals surface area contributed by atoms with Crippen LogP contribution in [0.15, 0.2) is 48.7 Å². The molecule has 7 atom stereocenters. The predicted octanol–water partition coefficient (Wildman–Crippen LogP) is 3.35. The Balaban J connectivity index is 1.13. The van der Waals surface area contributed by atoms with Gasteiger partial charge in [-0.2, -0.15) is 0 Å². The Morgan fingerprint density at radius 1 is 1.03 bits per heavy atom. The van der Waals surface area contributed by atoms with Gasteiger partial charge in [0.05, 0.1) is 6.04 Å². The smallest absolute Gasteiger partial charge is 0.223 e. The van der Waals surface area contributed by atoms with E-state index < -0.39 is 0 Å². The first-order valence-electron chi connectivity index (χ1n) is 13.1. The van der Waals surface area contributed by atoms with Gasteiger partial charge in [-0.15, -0.1) is 0 Å². The van der Waals surface area contributed by atoms with E-state index in [4.69, 9.17) is 0 Å². The molecule has 4 fully saturated rings. The van der Waals surface area contributed by atoms with Crippen molar-refractivity contribution < 1.29 is 4.79 Å². The van der Waals surface area contributed by atoms with Gasteiger partial charge in [-0.05, 0) is 86.6 Å². The molecule has 1 aromatic carbocycles. The maximum Gasteiger partial charge on any atom is 0.223 e. The van der Waals surface area contributed by atoms with Crippen molar-refractivity contribution in [3.8, 4) is 0 Å². The van der Waals surface area contributed by atoms with E-state index >= 15 is 0 Å². The summed E-state index contributed by atoms with van der Waals surface area (Å²) in [7, 11) is 0. The van der Waals surface area contributed by atoms with E-state index in [1.807, 2.05) is 6.20 Å². The fourth-order valence-corrected chi connectivity index (χ4v) is 7.22. The van der Waals surface area contributed by atoms with Gasteiger partial charge in [-0.3, -0.25) is 20.1 Å². The number of aromatic nitrogens is 1. The zero-order valence-corrected chi connectivity index (χ0v) is 20.1. The number of pyridine rings is 1. The second-order valence-electron chi connectivity index (χ2n) is 11.1. The SMILES string of the molecule is Cc1cc(C2NNC3CC4NC(=O)C(C5CCCN(Cc6ccccc6)C5)CC4CC32)ccn1. The Morgan fingerprint density at radius 3 is 2.76 bits per heavy atom. The Hall–Kier alpha value is -2.28. The molecule has 6 nitrogen and oxygen atoms in total. The van der Waals surface area contributed by atoms with Crippen molar-refractivity contribution >= 4 is 5.91 Å². The predicted molar refractivity (Wildman–Crippen MR) is 132 cm³/mol. The first kappa shape index (κ1) is 22.2. The van der Waals surface area contributed by atoms with Crippen LogP contribution in [0.5, 0.6) is 0 Å². The first-order chi connectivity index (χ1) is 16.6. The Labute approximate surface area is 202 Å². The quantitative estimate of drug-likeness (QED) is 0.654. The number of carbonyl (C=O) groups is 1. The molecule has 0 bridgehead atoms. The molecule has 1 aromatic heterocycles. The monoisotopic (exact) mass is 459 g/mol. The number of fused-ring (bicyclic) bond motifs is 2. The van der Waals surface area contributed by atoms with Gasteiger partial charge >= 0.3 is 0 Å². The number of piperidine rings is 2. The third-order valence-electron chi connectivity index (χ3n) is 8.88. The largest absolute Gasteiger partial charge is 0.353 e. The van der Waals surface area contributed by atoms with E-state index in [0.717, 1.165) is 38.2 Å². The number of benzene rings is 1. The van der Waals surface area contributed by atoms with Crippen LogP contribution in [0.2, 0.25) is 0 Å². The van der Waals surface area contributed by atoms with Crippen LogP contribution in [0.25, 0.3) is 0 Å². The minimum absolute atomic E-state index is 0.153. The van der Waals surface area contributed by atoms with Gasteiger partial charge in [0.1, 0.15) is 0 Å². The van der Waals surface area contributed by atoms with Crippen molar-refractivity contribution in [1.29, 1.82) is 0 Å². The van der Waals surface area contributed by atoms with Gasteiger partial charge in [-0.25, -0.2) is 5.43 Å². The number of amides is 1. The molecule has 180 valence electrons. The van der Waals surface area contributed by atoms with E-state index in [-0.39, 0.29) is 5.92 Å². The Bertz CT molecular complexity index is 1010. The van der Waals surface area contributed by atoms with Crippen LogP contribution in [0, 0.1) is 30.6 Å². The number of rotatable bonds is 4. The average Bonchev–Trinajstić information content (AvgIpc) is 3.26. The number of hydrogen-bond donors (Lipinski definition) is 3. The molecule has 1 saturated carbocycles. The zero-order valence-electron chi connectivity index (χ0n) is 20.1. The highest BCUT2D eigenvalue weighted by Crippen LogP contribution is 2.45. The highest BCUT2D eigenvalue weighted by atomic mass is 16.2. The average molecular weight is 460 g/mol. The summed E-state index contributed by atoms with van der Waals surface area (Å²) < 4.78 is 0. The summed E-state index contributed by atoms with van der Waals surface area (Å²) >= 11 is 0. The summed E-state index contributed by atoms with van der Waals surface area (Å²) in [5, 5.41) is 3.47. The standard InChI is InChI=1S/C28H37N5O/c1-18-12-20(9-10-29-18)27-24-14-22-13-23(28(34)30-25(22)15-26(24)31-32-27)21-8-5-11-33(17-21)16-19-6-3-2-4-7-19/h2-4,6-7,9-10,12,21-27,31-32H,5,8,11,13-17H2,1H3,(H,30,34). The first-order valence-corrected chi connectivity index (χ1v) is 13.1. The van der Waals surface area contributed by atoms with Gasteiger partial charge in [0.15, 0.2) is 0 Å². The lowest BCUT2D eigenvalue weighted by atomic mass is 9.65. The molecule has 0 radical (unpaired) electrons. The van der Waals surface area contributed by atoms with Crippen LogP contribution in [0.1, 0.15) is 55.0 Å². The number of hydrazine groups is 1. The minimum atomic E-state index is 0.153. The molecule has 0 spiro atoms. The molecule has 3 saturated heterocycles. The van der Waals surface area contributed by atoms with Gasteiger partial charge in [0.25, 0.3) is 0 Å². The van der Waals surface area contributed by atoms with Gasteiger partial charge in [-0.1, -0.05) is 30.3 Å². The van der Waals surface area contributed by atoms with E-state index in [1.54, 1.807) is 0 Å². The van der Waals surface area contributed by atoms with Gasteiger partial charge < -0.3 is 5.32 Å². The van der Waals surface area contributed by atoms with Crippen LogP contribution in [0.4, 0.5) is 0 Å². The second-order valence-corrected chi connectivity index (χ2v) is 11.1. The lowest BCUT2D eigenvalue weighted by Crippen LogP contribution is -2.57. The zero-order chi connectivity index (χ0) is 23.1. The van der Waals surface area contributed by atoms with E-state index in [1.165, 1.54) is 30.4 Å². The molecule has 2 aromatic rings. The molecule has 4 aliphatic rings. The van der Waals surface area contributed by atoms with Crippen LogP contribution in [-0.2, 0) is 11.3 Å². The van der Waals surface area contributed by atoms with Crippen LogP contribution < -0.4 is 16.2 Å². The fraction of sp³-hybridized carbons (Fsp3) is 0.571. The van der Waals surface area contributed by atoms with Crippen molar-refractivity contribution in [1.82, 2.24) is 26.1 Å². The molecular weight excluding hydrogens is 422 g/mol. The fourth-order valence-electron chi connectivity index (χ4n) is 7.22. The minimum Gasteiger partial charge on any atom is -0.353 e. The van der Waals surface area contributed by atoms with Crippen molar-refractivity contribution in [2.45, 2.75) is 63.7 Å². The summed E-state index contributed by atoms with van der Waals surface area (Å²) in [6.07, 6.45) is 7.52. The molecule has 6 heteroatoms. The number of likely N-dealkylation sites (tertiary alicyclic amines) is 1. The van der Waals surface area contributed by atoms with Crippen molar-refractivity contribution in [2.75, 3.05) is 13.1 Å². The lowest BCUT2D eigenvalue weighted by Gasteiger charge is -2.47. The normalized spacial score (nSPS) is 35.9. The number of nitrogens with zero attached hydrogens (tertiary/aromatic N) is 2. The number of nitrogens with one attached hydrogen (secondary N) is 3. The highest BCUT2D eigenvalue weighted by molar-refractivity contribution is 5.80. The van der Waals surface area contributed by atoms with Crippen molar-refractivity contribution in [3.63, 3.8) is 0 Å². The summed E-state index contributed by atoms with van der Waals surface area (Å²) in [5.41, 5.74) is 10.9. The van der Waals surface area contributed by atoms with Crippen molar-refractivity contribution in [2.24, 2.45) is 23.7 Å². The van der Waals surface area contributed by atoms with Gasteiger partial charge in [0.2, 0.25) is 5.91 Å². The molecule has 34 heavy (non-hydrogen) atoms. The second kappa shape index (κ2) is 9.40. The number of hydrogen-bond acceptors (Lipinski definition) is 5. The van der Waals surface area contributed by atoms with Crippen LogP contribution in [0.3, 0.4) is 0 Å². The van der Waals surface area contributed by atoms with E-state index in [0.29, 0.717) is 41.8 Å². The topological polar surface area (TPSA) is 69.3 Å². The third kappa shape index (κ3) is 4.39. The summed E-state index contributed by atoms with van der Waals surface area (Å²) in [6.45, 7) is 5.23. The van der Waals surface area contributed by atoms with E-state index in [2.05, 4.69) is 75.4 Å². The lowest BCUT2D eigenvalue weighted by molar-refractivity contribution is -0.133. The molecule has 4 heterocycles. The highest BCUT2D eigenvalue weighted by Gasteiger charge is 2.49. The molecule has 3 aliphatic heterocycles. The summed E-state index contributed by atoms with van der Waals surface area (Å²) in [5.74, 6) is 2.05. The Morgan fingerprint density at radius 2 is 1.91 bits per heavy atom. The van der Waals surface area contributed by atoms with Crippen molar-refractivity contribution in [3.05, 3.63) is 65.5 Å². The summed E-state index contributed by atoms with van der Waals surface area (Å²) in [4.78, 5) is 20.2. The van der Waals surface area contributed by atoms with Crippen LogP contribution in [-0.4, -0.2) is 41.0 Å². The molecule has 1 aliphatic carbocycles. The number of carbonyl (C=O) groups excluding carboxylic acids is 1.